The topological polar surface area (TPSA) is 97.8 Å². The molecule has 0 spiro atoms. The maximum absolute atomic E-state index is 15.4. The Bertz CT molecular complexity index is 1150. The molecule has 1 saturated carbocycles. The first-order chi connectivity index (χ1) is 14.4. The van der Waals surface area contributed by atoms with Gasteiger partial charge in [0, 0.05) is 37.3 Å². The summed E-state index contributed by atoms with van der Waals surface area (Å²) in [6, 6.07) is 1.29. The van der Waals surface area contributed by atoms with E-state index in [9.17, 15) is 14.7 Å². The standard InChI is InChI=1S/C22H24FN3O4/c1-30-21-18-13(20(27)15(22(28)29)10-26(18)12-5-6-12)7-16(23)19(21)25-8-11-3-2-4-17(24)14(11)9-25/h3,7,10,12,14,17H,2,4-6,8-9,24H2,1H3,(H,28,29)/t14-,17+/m1/s1. The number of aromatic carboxylic acids is 1. The minimum atomic E-state index is -1.32. The minimum Gasteiger partial charge on any atom is -0.492 e. The summed E-state index contributed by atoms with van der Waals surface area (Å²) < 4.78 is 22.8. The lowest BCUT2D eigenvalue weighted by molar-refractivity contribution is 0.0695. The van der Waals surface area contributed by atoms with Crippen molar-refractivity contribution in [3.63, 3.8) is 0 Å². The average Bonchev–Trinajstić information content (AvgIpc) is 3.46. The molecule has 7 nitrogen and oxygen atoms in total. The molecule has 158 valence electrons. The molecule has 3 aliphatic rings. The van der Waals surface area contributed by atoms with Gasteiger partial charge in [0.15, 0.2) is 11.6 Å². The number of aromatic nitrogens is 1. The van der Waals surface area contributed by atoms with E-state index < -0.39 is 17.2 Å². The first kappa shape index (κ1) is 19.1. The maximum Gasteiger partial charge on any atom is 0.341 e. The zero-order chi connectivity index (χ0) is 21.2. The number of rotatable bonds is 4. The summed E-state index contributed by atoms with van der Waals surface area (Å²) in [6.45, 7) is 1.16. The maximum atomic E-state index is 15.4. The van der Waals surface area contributed by atoms with Gasteiger partial charge in [-0.15, -0.1) is 0 Å². The van der Waals surface area contributed by atoms with Gasteiger partial charge in [-0.3, -0.25) is 4.79 Å². The Labute approximate surface area is 172 Å². The lowest BCUT2D eigenvalue weighted by Crippen LogP contribution is -2.34. The van der Waals surface area contributed by atoms with E-state index >= 15 is 4.39 Å². The number of anilines is 1. The molecule has 0 amide bonds. The van der Waals surface area contributed by atoms with Crippen molar-refractivity contribution < 1.29 is 19.0 Å². The van der Waals surface area contributed by atoms with Gasteiger partial charge in [-0.2, -0.15) is 0 Å². The second kappa shape index (κ2) is 6.84. The third kappa shape index (κ3) is 2.81. The van der Waals surface area contributed by atoms with Gasteiger partial charge in [0.1, 0.15) is 11.3 Å². The van der Waals surface area contributed by atoms with Crippen LogP contribution in [-0.2, 0) is 0 Å². The Morgan fingerprint density at radius 2 is 2.10 bits per heavy atom. The van der Waals surface area contributed by atoms with Crippen LogP contribution in [0.5, 0.6) is 5.75 Å². The number of carboxylic acids is 1. The predicted molar refractivity (Wildman–Crippen MR) is 111 cm³/mol. The molecule has 0 bridgehead atoms. The number of carbonyl (C=O) groups is 1. The fourth-order valence-corrected chi connectivity index (χ4v) is 4.94. The molecule has 2 atom stereocenters. The number of nitrogens with zero attached hydrogens (tertiary/aromatic N) is 2. The van der Waals surface area contributed by atoms with Crippen molar-refractivity contribution in [1.82, 2.24) is 4.57 Å². The molecule has 30 heavy (non-hydrogen) atoms. The molecule has 8 heteroatoms. The number of nitrogens with two attached hydrogens (primary N) is 1. The number of pyridine rings is 1. The van der Waals surface area contributed by atoms with Gasteiger partial charge < -0.3 is 25.0 Å². The zero-order valence-corrected chi connectivity index (χ0v) is 16.7. The van der Waals surface area contributed by atoms with Crippen LogP contribution in [0.15, 0.2) is 28.7 Å². The van der Waals surface area contributed by atoms with Gasteiger partial charge in [0.25, 0.3) is 0 Å². The number of halogens is 1. The van der Waals surface area contributed by atoms with Crippen molar-refractivity contribution in [2.24, 2.45) is 11.7 Å². The number of fused-ring (bicyclic) bond motifs is 2. The summed E-state index contributed by atoms with van der Waals surface area (Å²) in [5.41, 5.74) is 7.24. The van der Waals surface area contributed by atoms with Crippen LogP contribution in [0.1, 0.15) is 42.1 Å². The summed E-state index contributed by atoms with van der Waals surface area (Å²) in [4.78, 5) is 26.3. The van der Waals surface area contributed by atoms with Crippen LogP contribution in [0.25, 0.3) is 10.9 Å². The van der Waals surface area contributed by atoms with Crippen LogP contribution in [0.3, 0.4) is 0 Å². The van der Waals surface area contributed by atoms with Crippen molar-refractivity contribution in [2.45, 2.75) is 37.8 Å². The number of allylic oxidation sites excluding steroid dienone is 1. The van der Waals surface area contributed by atoms with Gasteiger partial charge in [-0.05, 0) is 37.3 Å². The summed E-state index contributed by atoms with van der Waals surface area (Å²) in [6.07, 6.45) is 7.16. The number of hydrogen-bond acceptors (Lipinski definition) is 5. The summed E-state index contributed by atoms with van der Waals surface area (Å²) in [7, 11) is 1.46. The van der Waals surface area contributed by atoms with E-state index in [-0.39, 0.29) is 34.7 Å². The van der Waals surface area contributed by atoms with E-state index in [1.165, 1.54) is 18.9 Å². The normalized spacial score (nSPS) is 23.4. The van der Waals surface area contributed by atoms with Crippen LogP contribution in [0.2, 0.25) is 0 Å². The first-order valence-corrected chi connectivity index (χ1v) is 10.3. The second-order valence-electron chi connectivity index (χ2n) is 8.46. The largest absolute Gasteiger partial charge is 0.492 e. The van der Waals surface area contributed by atoms with Crippen molar-refractivity contribution in [3.05, 3.63) is 45.5 Å². The third-order valence-electron chi connectivity index (χ3n) is 6.58. The van der Waals surface area contributed by atoms with Crippen LogP contribution in [0, 0.1) is 11.7 Å². The van der Waals surface area contributed by atoms with E-state index in [0.717, 1.165) is 31.7 Å². The van der Waals surface area contributed by atoms with Crippen LogP contribution in [-0.4, -0.2) is 41.9 Å². The molecule has 2 fully saturated rings. The minimum absolute atomic E-state index is 0.0347. The van der Waals surface area contributed by atoms with Crippen LogP contribution < -0.4 is 20.8 Å². The van der Waals surface area contributed by atoms with E-state index in [1.807, 2.05) is 4.90 Å². The fraction of sp³-hybridized carbons (Fsp3) is 0.455. The number of hydrogen-bond donors (Lipinski definition) is 2. The number of methoxy groups -OCH3 is 1. The zero-order valence-electron chi connectivity index (χ0n) is 16.7. The lowest BCUT2D eigenvalue weighted by atomic mass is 9.86. The molecule has 0 radical (unpaired) electrons. The molecule has 5 rings (SSSR count). The lowest BCUT2D eigenvalue weighted by Gasteiger charge is -2.25. The highest BCUT2D eigenvalue weighted by Gasteiger charge is 2.37. The van der Waals surface area contributed by atoms with Gasteiger partial charge in [0.2, 0.25) is 5.43 Å². The smallest absolute Gasteiger partial charge is 0.341 e. The van der Waals surface area contributed by atoms with Crippen LogP contribution >= 0.6 is 0 Å². The van der Waals surface area contributed by atoms with Gasteiger partial charge >= 0.3 is 5.97 Å². The van der Waals surface area contributed by atoms with Crippen molar-refractivity contribution in [3.8, 4) is 5.75 Å². The predicted octanol–water partition coefficient (Wildman–Crippen LogP) is 2.67. The summed E-state index contributed by atoms with van der Waals surface area (Å²) in [5.74, 6) is -1.45. The summed E-state index contributed by atoms with van der Waals surface area (Å²) in [5, 5.41) is 9.49. The molecular formula is C22H24FN3O4. The van der Waals surface area contributed by atoms with Gasteiger partial charge in [0.05, 0.1) is 18.0 Å². The summed E-state index contributed by atoms with van der Waals surface area (Å²) >= 11 is 0. The Balaban J connectivity index is 1.74. The molecule has 1 aliphatic heterocycles. The fourth-order valence-electron chi connectivity index (χ4n) is 4.94. The molecule has 0 unspecified atom stereocenters. The number of carboxylic acid groups (broad SMARTS) is 1. The Morgan fingerprint density at radius 1 is 1.33 bits per heavy atom. The van der Waals surface area contributed by atoms with Gasteiger partial charge in [-0.1, -0.05) is 6.08 Å². The SMILES string of the molecule is COc1c(N2CC3=CCC[C@H](N)[C@@H]3C2)c(F)cc2c(=O)c(C(=O)O)cn(C3CC3)c12. The van der Waals surface area contributed by atoms with E-state index in [1.54, 1.807) is 4.57 Å². The van der Waals surface area contributed by atoms with Crippen LogP contribution in [0.4, 0.5) is 10.1 Å². The van der Waals surface area contributed by atoms with Crippen molar-refractivity contribution in [1.29, 1.82) is 0 Å². The highest BCUT2D eigenvalue weighted by molar-refractivity contribution is 5.97. The number of benzene rings is 1. The molecule has 3 N–H and O–H groups in total. The highest BCUT2D eigenvalue weighted by atomic mass is 19.1. The first-order valence-electron chi connectivity index (χ1n) is 10.3. The average molecular weight is 413 g/mol. The van der Waals surface area contributed by atoms with E-state index in [4.69, 9.17) is 10.5 Å². The highest BCUT2D eigenvalue weighted by Crippen LogP contribution is 2.45. The molecule has 2 heterocycles. The molecule has 2 aliphatic carbocycles. The molecule has 1 aromatic heterocycles. The molecule has 1 aromatic carbocycles. The second-order valence-corrected chi connectivity index (χ2v) is 8.46. The molecule has 1 saturated heterocycles. The Kier molecular flexibility index (Phi) is 4.36. The van der Waals surface area contributed by atoms with Crippen molar-refractivity contribution >= 4 is 22.6 Å². The van der Waals surface area contributed by atoms with Crippen molar-refractivity contribution in [2.75, 3.05) is 25.1 Å². The quantitative estimate of drug-likeness (QED) is 0.748. The number of ether oxygens (including phenoxy) is 1. The third-order valence-corrected chi connectivity index (χ3v) is 6.58. The molecular weight excluding hydrogens is 389 g/mol. The van der Waals surface area contributed by atoms with Gasteiger partial charge in [-0.25, -0.2) is 9.18 Å². The Morgan fingerprint density at radius 3 is 2.73 bits per heavy atom. The monoisotopic (exact) mass is 413 g/mol. The molecule has 2 aromatic rings. The van der Waals surface area contributed by atoms with E-state index in [0.29, 0.717) is 24.3 Å². The Hall–Kier alpha value is -2.87. The van der Waals surface area contributed by atoms with E-state index in [2.05, 4.69) is 6.08 Å².